The van der Waals surface area contributed by atoms with Crippen LogP contribution in [0.25, 0.3) is 0 Å². The highest BCUT2D eigenvalue weighted by Gasteiger charge is 2.34. The van der Waals surface area contributed by atoms with Crippen molar-refractivity contribution in [3.05, 3.63) is 34.9 Å². The lowest BCUT2D eigenvalue weighted by Gasteiger charge is -2.13. The smallest absolute Gasteiger partial charge is 0.261 e. The van der Waals surface area contributed by atoms with Gasteiger partial charge in [0.05, 0.1) is 11.1 Å². The summed E-state index contributed by atoms with van der Waals surface area (Å²) in [5.74, 6) is -0.0962. The molecule has 6 nitrogen and oxygen atoms in total. The van der Waals surface area contributed by atoms with Gasteiger partial charge in [-0.05, 0) is 37.8 Å². The first-order valence-electron chi connectivity index (χ1n) is 9.21. The lowest BCUT2D eigenvalue weighted by Crippen LogP contribution is -2.32. The van der Waals surface area contributed by atoms with Crippen molar-refractivity contribution in [1.82, 2.24) is 10.2 Å². The molecule has 0 atom stereocenters. The molecule has 0 unspecified atom stereocenters. The van der Waals surface area contributed by atoms with E-state index in [2.05, 4.69) is 19.2 Å². The summed E-state index contributed by atoms with van der Waals surface area (Å²) in [5, 5.41) is 2.84. The molecule has 0 saturated heterocycles. The third kappa shape index (κ3) is 5.39. The van der Waals surface area contributed by atoms with E-state index < -0.39 is 0 Å². The van der Waals surface area contributed by atoms with Crippen molar-refractivity contribution in [2.45, 2.75) is 40.0 Å². The monoisotopic (exact) mass is 360 g/mol. The topological polar surface area (TPSA) is 75.7 Å². The van der Waals surface area contributed by atoms with E-state index in [4.69, 9.17) is 4.74 Å². The van der Waals surface area contributed by atoms with Crippen LogP contribution in [0.5, 0.6) is 0 Å². The second-order valence-electron chi connectivity index (χ2n) is 7.09. The first kappa shape index (κ1) is 20.1. The highest BCUT2D eigenvalue weighted by atomic mass is 16.5. The Hall–Kier alpha value is -2.21. The van der Waals surface area contributed by atoms with E-state index in [1.54, 1.807) is 12.1 Å². The second-order valence-corrected chi connectivity index (χ2v) is 7.09. The largest absolute Gasteiger partial charge is 0.381 e. The van der Waals surface area contributed by atoms with E-state index in [0.29, 0.717) is 43.0 Å². The van der Waals surface area contributed by atoms with Crippen LogP contribution in [-0.2, 0) is 9.53 Å². The lowest BCUT2D eigenvalue weighted by atomic mass is 10.1. The highest BCUT2D eigenvalue weighted by Crippen LogP contribution is 2.24. The van der Waals surface area contributed by atoms with Crippen molar-refractivity contribution in [2.75, 3.05) is 26.3 Å². The van der Waals surface area contributed by atoms with Crippen molar-refractivity contribution in [2.24, 2.45) is 5.92 Å². The molecule has 0 saturated carbocycles. The summed E-state index contributed by atoms with van der Waals surface area (Å²) in [6, 6.07) is 5.26. The Morgan fingerprint density at radius 2 is 1.88 bits per heavy atom. The van der Waals surface area contributed by atoms with Gasteiger partial charge in [-0.1, -0.05) is 25.5 Å². The number of fused-ring (bicyclic) bond motifs is 1. The van der Waals surface area contributed by atoms with E-state index in [1.165, 1.54) is 4.90 Å². The molecule has 0 aliphatic carbocycles. The Kier molecular flexibility index (Phi) is 7.33. The first-order chi connectivity index (χ1) is 12.4. The maximum atomic E-state index is 12.3. The lowest BCUT2D eigenvalue weighted by molar-refractivity contribution is -0.121. The summed E-state index contributed by atoms with van der Waals surface area (Å²) in [6.45, 7) is 8.27. The molecule has 1 aromatic rings. The van der Waals surface area contributed by atoms with Gasteiger partial charge in [0.15, 0.2) is 0 Å². The summed E-state index contributed by atoms with van der Waals surface area (Å²) in [7, 11) is 0. The summed E-state index contributed by atoms with van der Waals surface area (Å²) in [4.78, 5) is 37.7. The molecule has 0 bridgehead atoms. The van der Waals surface area contributed by atoms with Crippen LogP contribution < -0.4 is 5.32 Å². The van der Waals surface area contributed by atoms with Gasteiger partial charge in [0.1, 0.15) is 0 Å². The minimum atomic E-state index is -0.271. The fraction of sp³-hybridized carbons (Fsp3) is 0.550. The van der Waals surface area contributed by atoms with Crippen molar-refractivity contribution in [3.8, 4) is 0 Å². The molecule has 1 heterocycles. The molecule has 0 radical (unpaired) electrons. The zero-order valence-electron chi connectivity index (χ0n) is 15.8. The first-order valence-corrected chi connectivity index (χ1v) is 9.21. The molecule has 0 spiro atoms. The quantitative estimate of drug-likeness (QED) is 0.514. The normalized spacial score (nSPS) is 13.5. The number of hydrogen-bond donors (Lipinski definition) is 1. The number of rotatable bonds is 10. The van der Waals surface area contributed by atoms with Crippen molar-refractivity contribution in [1.29, 1.82) is 0 Å². The van der Waals surface area contributed by atoms with Crippen LogP contribution >= 0.6 is 0 Å². The van der Waals surface area contributed by atoms with Gasteiger partial charge in [-0.3, -0.25) is 19.3 Å². The molecule has 26 heavy (non-hydrogen) atoms. The third-order valence-electron chi connectivity index (χ3n) is 4.15. The number of ether oxygens (including phenoxy) is 1. The van der Waals surface area contributed by atoms with Crippen LogP contribution in [0.2, 0.25) is 0 Å². The Balaban J connectivity index is 1.66. The molecule has 2 rings (SSSR count). The van der Waals surface area contributed by atoms with Gasteiger partial charge in [0.2, 0.25) is 5.91 Å². The highest BCUT2D eigenvalue weighted by molar-refractivity contribution is 6.21. The summed E-state index contributed by atoms with van der Waals surface area (Å²) in [6.07, 6.45) is 1.52. The zero-order valence-corrected chi connectivity index (χ0v) is 15.8. The number of imide groups is 1. The minimum Gasteiger partial charge on any atom is -0.381 e. The van der Waals surface area contributed by atoms with E-state index >= 15 is 0 Å². The van der Waals surface area contributed by atoms with Crippen molar-refractivity contribution in [3.63, 3.8) is 0 Å². The molecule has 3 amide bonds. The molecule has 0 fully saturated rings. The maximum Gasteiger partial charge on any atom is 0.261 e. The molecule has 1 aromatic carbocycles. The molecule has 0 aromatic heterocycles. The number of hydrogen-bond acceptors (Lipinski definition) is 4. The number of nitrogens with one attached hydrogen (secondary N) is 1. The van der Waals surface area contributed by atoms with Gasteiger partial charge in [-0.15, -0.1) is 0 Å². The fourth-order valence-corrected chi connectivity index (χ4v) is 2.81. The molecule has 1 aliphatic rings. The Bertz CT molecular complexity index is 670. The van der Waals surface area contributed by atoms with Crippen molar-refractivity contribution >= 4 is 17.7 Å². The number of carbonyl (C=O) groups is 3. The van der Waals surface area contributed by atoms with Gasteiger partial charge in [0.25, 0.3) is 11.8 Å². The molecular weight excluding hydrogens is 332 g/mol. The van der Waals surface area contributed by atoms with Gasteiger partial charge in [-0.25, -0.2) is 0 Å². The van der Waals surface area contributed by atoms with Crippen LogP contribution in [0.1, 0.15) is 59.4 Å². The fourth-order valence-electron chi connectivity index (χ4n) is 2.81. The number of carbonyl (C=O) groups excluding carboxylic acids is 3. The summed E-state index contributed by atoms with van der Waals surface area (Å²) >= 11 is 0. The average Bonchev–Trinajstić information content (AvgIpc) is 2.82. The SMILES string of the molecule is Cc1ccc2c(c1)C(=O)N(CCCC(=O)NCCCOCC(C)C)C2=O. The van der Waals surface area contributed by atoms with E-state index in [-0.39, 0.29) is 24.3 Å². The van der Waals surface area contributed by atoms with E-state index in [9.17, 15) is 14.4 Å². The average molecular weight is 360 g/mol. The zero-order chi connectivity index (χ0) is 19.1. The van der Waals surface area contributed by atoms with Gasteiger partial charge in [-0.2, -0.15) is 0 Å². The number of amides is 3. The van der Waals surface area contributed by atoms with Crippen LogP contribution in [0.4, 0.5) is 0 Å². The summed E-state index contributed by atoms with van der Waals surface area (Å²) < 4.78 is 5.46. The third-order valence-corrected chi connectivity index (χ3v) is 4.15. The van der Waals surface area contributed by atoms with E-state index in [0.717, 1.165) is 18.6 Å². The molecule has 6 heteroatoms. The predicted molar refractivity (Wildman–Crippen MR) is 99.1 cm³/mol. The molecular formula is C20H28N2O4. The number of benzene rings is 1. The Morgan fingerprint density at radius 3 is 2.62 bits per heavy atom. The predicted octanol–water partition coefficient (Wildman–Crippen LogP) is 2.55. The maximum absolute atomic E-state index is 12.3. The van der Waals surface area contributed by atoms with Crippen LogP contribution in [-0.4, -0.2) is 48.9 Å². The van der Waals surface area contributed by atoms with Crippen molar-refractivity contribution < 1.29 is 19.1 Å². The Morgan fingerprint density at radius 1 is 1.15 bits per heavy atom. The Labute approximate surface area is 154 Å². The molecule has 1 aliphatic heterocycles. The van der Waals surface area contributed by atoms with Crippen LogP contribution in [0, 0.1) is 12.8 Å². The standard InChI is InChI=1S/C20H28N2O4/c1-14(2)13-26-11-5-9-21-18(23)6-4-10-22-19(24)16-8-7-15(3)12-17(16)20(22)25/h7-8,12,14H,4-6,9-11,13H2,1-3H3,(H,21,23). The number of aryl methyl sites for hydroxylation is 1. The molecule has 142 valence electrons. The van der Waals surface area contributed by atoms with Crippen LogP contribution in [0.15, 0.2) is 18.2 Å². The van der Waals surface area contributed by atoms with E-state index in [1.807, 2.05) is 13.0 Å². The van der Waals surface area contributed by atoms with Gasteiger partial charge < -0.3 is 10.1 Å². The van der Waals surface area contributed by atoms with Crippen LogP contribution in [0.3, 0.4) is 0 Å². The van der Waals surface area contributed by atoms with Gasteiger partial charge in [0, 0.05) is 32.7 Å². The number of nitrogens with zero attached hydrogens (tertiary/aromatic N) is 1. The summed E-state index contributed by atoms with van der Waals surface area (Å²) in [5.41, 5.74) is 1.86. The second kappa shape index (κ2) is 9.48. The molecule has 1 N–H and O–H groups in total. The van der Waals surface area contributed by atoms with Gasteiger partial charge >= 0.3 is 0 Å². The minimum absolute atomic E-state index is 0.0682.